The number of fused-ring (bicyclic) bond motifs is 3. The van der Waals surface area contributed by atoms with E-state index in [-0.39, 0.29) is 34.6 Å². The number of nitro groups is 2. The van der Waals surface area contributed by atoms with Crippen molar-refractivity contribution in [3.63, 3.8) is 0 Å². The predicted molar refractivity (Wildman–Crippen MR) is 205 cm³/mol. The van der Waals surface area contributed by atoms with Crippen molar-refractivity contribution in [1.29, 1.82) is 0 Å². The Morgan fingerprint density at radius 3 is 1.50 bits per heavy atom. The molecule has 11 heteroatoms. The maximum atomic E-state index is 10.6. The van der Waals surface area contributed by atoms with Crippen molar-refractivity contribution in [1.82, 2.24) is 15.0 Å². The van der Waals surface area contributed by atoms with Crippen LogP contribution in [0.3, 0.4) is 0 Å². The second kappa shape index (κ2) is 15.5. The maximum absolute atomic E-state index is 10.6. The van der Waals surface area contributed by atoms with Crippen LogP contribution in [0.1, 0.15) is 80.9 Å². The van der Waals surface area contributed by atoms with Gasteiger partial charge in [-0.05, 0) is 57.7 Å². The molecule has 0 atom stereocenters. The minimum absolute atomic E-state index is 0. The first kappa shape index (κ1) is 39.5. The molecular formula is C37H49BrN6O4. The van der Waals surface area contributed by atoms with Crippen molar-refractivity contribution in [2.75, 3.05) is 5.73 Å². The largest absolute Gasteiger partial charge is 0.399 e. The standard InChI is InChI=1S/C12H14N2O2.C12H16N2.C8H6N2O2.C4H9Br.CH4/c1-12(2,3)10-7-13-11-6-8(14(15)16)4-5-9(10)11;1-12(2,3)10-7-14-11-6-8(13)4-5-9(10)11;11-10(12)7-2-1-6-3-4-9-8(6)5-7;1-4(2,3)5;/h4-7,13H,1-3H3;4-7,14H,13H2,1-3H3;1-5,9H;1-3H3;1H4. The van der Waals surface area contributed by atoms with Gasteiger partial charge in [0.1, 0.15) is 0 Å². The van der Waals surface area contributed by atoms with Crippen LogP contribution in [0.2, 0.25) is 0 Å². The fourth-order valence-corrected chi connectivity index (χ4v) is 4.76. The van der Waals surface area contributed by atoms with Gasteiger partial charge in [0.2, 0.25) is 0 Å². The Bertz CT molecular complexity index is 1980. The van der Waals surface area contributed by atoms with E-state index < -0.39 is 4.92 Å². The number of H-pyrrole nitrogens is 3. The van der Waals surface area contributed by atoms with Crippen LogP contribution in [0.25, 0.3) is 32.7 Å². The zero-order valence-electron chi connectivity index (χ0n) is 28.5. The summed E-state index contributed by atoms with van der Waals surface area (Å²) < 4.78 is 0.312. The van der Waals surface area contributed by atoms with Crippen molar-refractivity contribution >= 4 is 65.7 Å². The molecule has 0 radical (unpaired) electrons. The third kappa shape index (κ3) is 11.0. The number of hydrogen-bond acceptors (Lipinski definition) is 5. The summed E-state index contributed by atoms with van der Waals surface area (Å²) in [7, 11) is 0. The lowest BCUT2D eigenvalue weighted by atomic mass is 9.87. The lowest BCUT2D eigenvalue weighted by molar-refractivity contribution is -0.384. The fourth-order valence-electron chi connectivity index (χ4n) is 4.76. The number of nitro benzene ring substituents is 2. The number of benzene rings is 3. The summed E-state index contributed by atoms with van der Waals surface area (Å²) in [5, 5.41) is 24.3. The molecule has 0 unspecified atom stereocenters. The SMILES string of the molecule is C.CC(C)(C)Br.CC(C)(C)c1c[nH]c2cc(N)ccc12.CC(C)(C)c1c[nH]c2cc([N+](=O)[O-])ccc12.O=[N+]([O-])c1ccc2cc[nH]c2c1. The summed E-state index contributed by atoms with van der Waals surface area (Å²) >= 11 is 3.38. The molecule has 0 aliphatic carbocycles. The van der Waals surface area contributed by atoms with E-state index >= 15 is 0 Å². The number of nitrogen functional groups attached to an aromatic ring is 1. The van der Waals surface area contributed by atoms with E-state index in [1.807, 2.05) is 30.5 Å². The predicted octanol–water partition coefficient (Wildman–Crippen LogP) is 11.3. The van der Waals surface area contributed by atoms with E-state index in [2.05, 4.69) is 105 Å². The Kier molecular flexibility index (Phi) is 12.8. The summed E-state index contributed by atoms with van der Waals surface area (Å²) in [6.45, 7) is 19.3. The summed E-state index contributed by atoms with van der Waals surface area (Å²) in [4.78, 5) is 29.5. The minimum Gasteiger partial charge on any atom is -0.399 e. The average molecular weight is 722 g/mol. The molecule has 3 aromatic carbocycles. The molecule has 3 aromatic heterocycles. The van der Waals surface area contributed by atoms with Crippen molar-refractivity contribution in [3.8, 4) is 0 Å². The number of non-ortho nitro benzene ring substituents is 2. The Balaban J connectivity index is 0.000000233. The van der Waals surface area contributed by atoms with Crippen LogP contribution in [0, 0.1) is 20.2 Å². The number of rotatable bonds is 2. The number of nitrogens with two attached hydrogens (primary N) is 1. The zero-order chi connectivity index (χ0) is 35.3. The Morgan fingerprint density at radius 1 is 0.625 bits per heavy atom. The van der Waals surface area contributed by atoms with Crippen LogP contribution >= 0.6 is 15.9 Å². The van der Waals surface area contributed by atoms with Gasteiger partial charge in [-0.2, -0.15) is 0 Å². The molecule has 0 bridgehead atoms. The highest BCUT2D eigenvalue weighted by Crippen LogP contribution is 2.32. The molecule has 258 valence electrons. The van der Waals surface area contributed by atoms with Crippen molar-refractivity contribution in [3.05, 3.63) is 111 Å². The van der Waals surface area contributed by atoms with Gasteiger partial charge in [-0.1, -0.05) is 91.7 Å². The van der Waals surface area contributed by atoms with E-state index in [1.54, 1.807) is 24.4 Å². The molecule has 0 fully saturated rings. The van der Waals surface area contributed by atoms with Gasteiger partial charge in [-0.25, -0.2) is 0 Å². The van der Waals surface area contributed by atoms with Gasteiger partial charge in [0.15, 0.2) is 0 Å². The smallest absolute Gasteiger partial charge is 0.271 e. The molecular weight excluding hydrogens is 672 g/mol. The highest BCUT2D eigenvalue weighted by atomic mass is 79.9. The number of halogens is 1. The number of nitrogens with one attached hydrogen (secondary N) is 3. The van der Waals surface area contributed by atoms with E-state index in [1.165, 1.54) is 28.6 Å². The van der Waals surface area contributed by atoms with Gasteiger partial charge in [0.25, 0.3) is 11.4 Å². The summed E-state index contributed by atoms with van der Waals surface area (Å²) in [5.41, 5.74) is 12.2. The van der Waals surface area contributed by atoms with Gasteiger partial charge < -0.3 is 20.7 Å². The van der Waals surface area contributed by atoms with Gasteiger partial charge in [0.05, 0.1) is 20.9 Å². The second-order valence-electron chi connectivity index (χ2n) is 14.3. The molecule has 3 heterocycles. The Hall–Kier alpha value is -4.64. The lowest BCUT2D eigenvalue weighted by Crippen LogP contribution is -2.09. The third-order valence-electron chi connectivity index (χ3n) is 6.95. The minimum atomic E-state index is -0.402. The number of aromatic nitrogens is 3. The zero-order valence-corrected chi connectivity index (χ0v) is 30.1. The highest BCUT2D eigenvalue weighted by molar-refractivity contribution is 9.10. The average Bonchev–Trinajstić information content (AvgIpc) is 3.69. The van der Waals surface area contributed by atoms with E-state index in [0.29, 0.717) is 4.32 Å². The maximum Gasteiger partial charge on any atom is 0.271 e. The number of aromatic amines is 3. The normalized spacial score (nSPS) is 11.4. The Labute approximate surface area is 290 Å². The van der Waals surface area contributed by atoms with Crippen molar-refractivity contribution in [2.45, 2.75) is 84.9 Å². The monoisotopic (exact) mass is 720 g/mol. The molecule has 0 spiro atoms. The summed E-state index contributed by atoms with van der Waals surface area (Å²) in [6.07, 6.45) is 5.76. The molecule has 6 rings (SSSR count). The van der Waals surface area contributed by atoms with Crippen molar-refractivity contribution < 1.29 is 9.85 Å². The molecule has 0 aliphatic rings. The first-order valence-electron chi connectivity index (χ1n) is 15.2. The first-order chi connectivity index (χ1) is 21.6. The van der Waals surface area contributed by atoms with Gasteiger partial charge in [-0.15, -0.1) is 0 Å². The highest BCUT2D eigenvalue weighted by Gasteiger charge is 2.20. The third-order valence-corrected chi connectivity index (χ3v) is 6.95. The molecule has 10 nitrogen and oxygen atoms in total. The van der Waals surface area contributed by atoms with E-state index in [4.69, 9.17) is 5.73 Å². The molecule has 0 saturated heterocycles. The lowest BCUT2D eigenvalue weighted by Gasteiger charge is -2.17. The van der Waals surface area contributed by atoms with Gasteiger partial charge in [0, 0.05) is 69.2 Å². The van der Waals surface area contributed by atoms with Gasteiger partial charge in [-0.3, -0.25) is 20.2 Å². The molecule has 6 aromatic rings. The van der Waals surface area contributed by atoms with E-state index in [9.17, 15) is 20.2 Å². The topological polar surface area (TPSA) is 160 Å². The number of anilines is 1. The van der Waals surface area contributed by atoms with Crippen LogP contribution in [-0.4, -0.2) is 29.1 Å². The molecule has 0 amide bonds. The summed E-state index contributed by atoms with van der Waals surface area (Å²) in [6, 6.07) is 17.6. The first-order valence-corrected chi connectivity index (χ1v) is 16.0. The van der Waals surface area contributed by atoms with E-state index in [0.717, 1.165) is 33.0 Å². The van der Waals surface area contributed by atoms with Crippen LogP contribution in [0.4, 0.5) is 17.1 Å². The van der Waals surface area contributed by atoms with Crippen LogP contribution in [0.5, 0.6) is 0 Å². The molecule has 5 N–H and O–H groups in total. The van der Waals surface area contributed by atoms with Crippen LogP contribution in [-0.2, 0) is 10.8 Å². The number of hydrogen-bond donors (Lipinski definition) is 4. The Morgan fingerprint density at radius 2 is 1.04 bits per heavy atom. The van der Waals surface area contributed by atoms with Crippen LogP contribution in [0.15, 0.2) is 79.3 Å². The second-order valence-corrected chi connectivity index (χ2v) is 16.6. The number of alkyl halides is 1. The number of nitrogens with zero attached hydrogens (tertiary/aromatic N) is 2. The van der Waals surface area contributed by atoms with Crippen LogP contribution < -0.4 is 5.73 Å². The summed E-state index contributed by atoms with van der Waals surface area (Å²) in [5.74, 6) is 0. The molecule has 0 saturated carbocycles. The fraction of sp³-hybridized carbons (Fsp3) is 0.351. The van der Waals surface area contributed by atoms with Gasteiger partial charge >= 0.3 is 0 Å². The van der Waals surface area contributed by atoms with Crippen molar-refractivity contribution in [2.24, 2.45) is 0 Å². The molecule has 0 aliphatic heterocycles. The quantitative estimate of drug-likeness (QED) is 0.0605. The molecule has 48 heavy (non-hydrogen) atoms.